The highest BCUT2D eigenvalue weighted by Gasteiger charge is 2.27. The summed E-state index contributed by atoms with van der Waals surface area (Å²) < 4.78 is 39.0. The number of pyridine rings is 1. The highest BCUT2D eigenvalue weighted by atomic mass is 32.2. The lowest BCUT2D eigenvalue weighted by Crippen LogP contribution is -2.52. The number of benzene rings is 1. The number of aromatic nitrogens is 1. The second-order valence-electron chi connectivity index (χ2n) is 7.16. The van der Waals surface area contributed by atoms with Crippen LogP contribution in [0.4, 0.5) is 10.1 Å². The zero-order chi connectivity index (χ0) is 22.4. The summed E-state index contributed by atoms with van der Waals surface area (Å²) in [6, 6.07) is 8.46. The lowest BCUT2D eigenvalue weighted by Gasteiger charge is -2.35. The first-order valence-electron chi connectivity index (χ1n) is 9.67. The van der Waals surface area contributed by atoms with Crippen LogP contribution in [0.15, 0.2) is 53.7 Å². The van der Waals surface area contributed by atoms with Crippen LogP contribution in [0.2, 0.25) is 0 Å². The molecule has 1 saturated heterocycles. The molecule has 2 heterocycles. The summed E-state index contributed by atoms with van der Waals surface area (Å²) in [5.41, 5.74) is 0.512. The van der Waals surface area contributed by atoms with Gasteiger partial charge in [0.25, 0.3) is 0 Å². The van der Waals surface area contributed by atoms with Crippen LogP contribution in [-0.2, 0) is 19.6 Å². The maximum absolute atomic E-state index is 12.9. The van der Waals surface area contributed by atoms with Crippen molar-refractivity contribution in [1.82, 2.24) is 19.1 Å². The maximum atomic E-state index is 12.9. The molecule has 2 aromatic rings. The number of carbonyl (C=O) groups excluding carboxylic acids is 2. The Morgan fingerprint density at radius 2 is 1.81 bits per heavy atom. The van der Waals surface area contributed by atoms with E-state index < -0.39 is 10.0 Å². The molecule has 11 heteroatoms. The minimum atomic E-state index is -3.80. The van der Waals surface area contributed by atoms with E-state index in [1.165, 1.54) is 55.8 Å². The van der Waals surface area contributed by atoms with Gasteiger partial charge in [-0.3, -0.25) is 19.5 Å². The van der Waals surface area contributed by atoms with Crippen LogP contribution in [0.3, 0.4) is 0 Å². The number of anilines is 1. The molecule has 1 aliphatic rings. The molecule has 9 nitrogen and oxygen atoms in total. The largest absolute Gasteiger partial charge is 0.339 e. The van der Waals surface area contributed by atoms with E-state index in [9.17, 15) is 22.4 Å². The van der Waals surface area contributed by atoms with Crippen LogP contribution >= 0.6 is 0 Å². The van der Waals surface area contributed by atoms with Crippen molar-refractivity contribution in [2.24, 2.45) is 0 Å². The van der Waals surface area contributed by atoms with Crippen LogP contribution in [0.1, 0.15) is 0 Å². The number of hydrogen-bond donors (Lipinski definition) is 1. The molecule has 3 rings (SSSR count). The second-order valence-corrected chi connectivity index (χ2v) is 9.21. The third-order valence-electron chi connectivity index (χ3n) is 4.92. The molecule has 31 heavy (non-hydrogen) atoms. The SMILES string of the molecule is CN(CC(=O)N1CCN(CC(=O)Nc2ccc(F)cc2)CC1)S(=O)(=O)c1cccnc1. The Balaban J connectivity index is 1.46. The summed E-state index contributed by atoms with van der Waals surface area (Å²) in [7, 11) is -2.44. The molecule has 1 N–H and O–H groups in total. The van der Waals surface area contributed by atoms with Gasteiger partial charge in [0.15, 0.2) is 0 Å². The molecule has 166 valence electrons. The Labute approximate surface area is 180 Å². The van der Waals surface area contributed by atoms with E-state index in [0.717, 1.165) is 4.31 Å². The Kier molecular flexibility index (Phi) is 7.31. The molecule has 0 bridgehead atoms. The quantitative estimate of drug-likeness (QED) is 0.665. The maximum Gasteiger partial charge on any atom is 0.244 e. The van der Waals surface area contributed by atoms with Gasteiger partial charge < -0.3 is 10.2 Å². The van der Waals surface area contributed by atoms with E-state index in [2.05, 4.69) is 10.3 Å². The lowest BCUT2D eigenvalue weighted by atomic mass is 10.3. The smallest absolute Gasteiger partial charge is 0.244 e. The van der Waals surface area contributed by atoms with Crippen LogP contribution in [0.5, 0.6) is 0 Å². The fourth-order valence-electron chi connectivity index (χ4n) is 3.15. The zero-order valence-electron chi connectivity index (χ0n) is 17.1. The van der Waals surface area contributed by atoms with Crippen molar-refractivity contribution in [2.75, 3.05) is 51.6 Å². The van der Waals surface area contributed by atoms with Crippen molar-refractivity contribution in [3.05, 3.63) is 54.6 Å². The molecule has 1 aromatic carbocycles. The fourth-order valence-corrected chi connectivity index (χ4v) is 4.23. The predicted octanol–water partition coefficient (Wildman–Crippen LogP) is 0.624. The number of halogens is 1. The fraction of sp³-hybridized carbons (Fsp3) is 0.350. The Hall–Kier alpha value is -2.89. The van der Waals surface area contributed by atoms with E-state index in [1.807, 2.05) is 4.90 Å². The molecule has 0 atom stereocenters. The molecule has 1 aromatic heterocycles. The molecule has 0 aliphatic carbocycles. The van der Waals surface area contributed by atoms with Gasteiger partial charge in [-0.15, -0.1) is 0 Å². The van der Waals surface area contributed by atoms with Crippen molar-refractivity contribution in [3.63, 3.8) is 0 Å². The summed E-state index contributed by atoms with van der Waals surface area (Å²) in [6.45, 7) is 1.63. The predicted molar refractivity (Wildman–Crippen MR) is 112 cm³/mol. The van der Waals surface area contributed by atoms with Crippen LogP contribution in [0, 0.1) is 5.82 Å². The number of likely N-dealkylation sites (N-methyl/N-ethyl adjacent to an activating group) is 1. The number of nitrogens with one attached hydrogen (secondary N) is 1. The number of hydrogen-bond acceptors (Lipinski definition) is 6. The normalized spacial score (nSPS) is 15.1. The number of sulfonamides is 1. The van der Waals surface area contributed by atoms with Gasteiger partial charge >= 0.3 is 0 Å². The van der Waals surface area contributed by atoms with Gasteiger partial charge in [0.1, 0.15) is 10.7 Å². The molecular weight excluding hydrogens is 425 g/mol. The van der Waals surface area contributed by atoms with E-state index in [1.54, 1.807) is 4.90 Å². The molecule has 2 amide bonds. The van der Waals surface area contributed by atoms with Gasteiger partial charge in [0.05, 0.1) is 13.1 Å². The third kappa shape index (κ3) is 6.06. The highest BCUT2D eigenvalue weighted by molar-refractivity contribution is 7.89. The summed E-state index contributed by atoms with van der Waals surface area (Å²) in [5.74, 6) is -0.906. The molecule has 0 spiro atoms. The van der Waals surface area contributed by atoms with Gasteiger partial charge in [-0.05, 0) is 36.4 Å². The Morgan fingerprint density at radius 1 is 1.13 bits per heavy atom. The molecule has 0 saturated carbocycles. The topological polar surface area (TPSA) is 103 Å². The van der Waals surface area contributed by atoms with Crippen molar-refractivity contribution in [1.29, 1.82) is 0 Å². The Morgan fingerprint density at radius 3 is 2.42 bits per heavy atom. The van der Waals surface area contributed by atoms with Gasteiger partial charge in [0, 0.05) is 51.3 Å². The van der Waals surface area contributed by atoms with E-state index in [0.29, 0.717) is 31.9 Å². The number of nitrogens with zero attached hydrogens (tertiary/aromatic N) is 4. The summed E-state index contributed by atoms with van der Waals surface area (Å²) in [5, 5.41) is 2.70. The number of rotatable bonds is 7. The minimum Gasteiger partial charge on any atom is -0.339 e. The Bertz CT molecular complexity index is 1010. The van der Waals surface area contributed by atoms with Gasteiger partial charge in [-0.1, -0.05) is 0 Å². The summed E-state index contributed by atoms with van der Waals surface area (Å²) in [4.78, 5) is 32.1. The van der Waals surface area contributed by atoms with Crippen molar-refractivity contribution >= 4 is 27.5 Å². The monoisotopic (exact) mass is 449 g/mol. The van der Waals surface area contributed by atoms with Crippen LogP contribution in [-0.4, -0.2) is 85.6 Å². The van der Waals surface area contributed by atoms with Crippen LogP contribution < -0.4 is 5.32 Å². The minimum absolute atomic E-state index is 0.0299. The molecule has 0 radical (unpaired) electrons. The summed E-state index contributed by atoms with van der Waals surface area (Å²) in [6.07, 6.45) is 2.72. The van der Waals surface area contributed by atoms with E-state index in [-0.39, 0.29) is 35.6 Å². The van der Waals surface area contributed by atoms with E-state index >= 15 is 0 Å². The van der Waals surface area contributed by atoms with E-state index in [4.69, 9.17) is 0 Å². The highest BCUT2D eigenvalue weighted by Crippen LogP contribution is 2.13. The zero-order valence-corrected chi connectivity index (χ0v) is 17.9. The summed E-state index contributed by atoms with van der Waals surface area (Å²) >= 11 is 0. The van der Waals surface area contributed by atoms with Crippen molar-refractivity contribution < 1.29 is 22.4 Å². The first kappa shape index (κ1) is 22.8. The molecule has 0 unspecified atom stereocenters. The van der Waals surface area contributed by atoms with Gasteiger partial charge in [-0.25, -0.2) is 12.8 Å². The van der Waals surface area contributed by atoms with Gasteiger partial charge in [0.2, 0.25) is 21.8 Å². The van der Waals surface area contributed by atoms with Crippen LogP contribution in [0.25, 0.3) is 0 Å². The van der Waals surface area contributed by atoms with Gasteiger partial charge in [-0.2, -0.15) is 4.31 Å². The number of amides is 2. The third-order valence-corrected chi connectivity index (χ3v) is 6.71. The standard InChI is InChI=1S/C20H24FN5O4S/c1-24(31(29,30)18-3-2-8-22-13-18)15-20(28)26-11-9-25(10-12-26)14-19(27)23-17-6-4-16(21)5-7-17/h2-8,13H,9-12,14-15H2,1H3,(H,23,27). The second kappa shape index (κ2) is 9.94. The number of carbonyl (C=O) groups is 2. The first-order chi connectivity index (χ1) is 14.8. The molecule has 1 aliphatic heterocycles. The average molecular weight is 450 g/mol. The average Bonchev–Trinajstić information content (AvgIpc) is 2.76. The lowest BCUT2D eigenvalue weighted by molar-refractivity contribution is -0.133. The number of piperazine rings is 1. The van der Waals surface area contributed by atoms with Crippen molar-refractivity contribution in [2.45, 2.75) is 4.90 Å². The molecular formula is C20H24FN5O4S. The first-order valence-corrected chi connectivity index (χ1v) is 11.1. The molecule has 1 fully saturated rings. The van der Waals surface area contributed by atoms with Crippen molar-refractivity contribution in [3.8, 4) is 0 Å².